The zero-order chi connectivity index (χ0) is 23.8. The van der Waals surface area contributed by atoms with Crippen LogP contribution < -0.4 is 20.1 Å². The fraction of sp³-hybridized carbons (Fsp3) is 0.318. The van der Waals surface area contributed by atoms with E-state index >= 15 is 0 Å². The van der Waals surface area contributed by atoms with Crippen molar-refractivity contribution in [1.29, 1.82) is 0 Å². The standard InChI is InChI=1S/C22H20F3N3O5/c1-21(13-6-7-16-17(11-13)33-9-3-8-32-16)19(30)28(20(31)27-21)12-18(29)26-15-5-2-4-14(10-15)22(23,24)25/h2,4-7,10-11H,3,8-9,12H2,1H3,(H,26,29)(H,27,31). The molecule has 0 aromatic heterocycles. The minimum atomic E-state index is -4.57. The van der Waals surface area contributed by atoms with Crippen molar-refractivity contribution in [2.45, 2.75) is 25.1 Å². The lowest BCUT2D eigenvalue weighted by Gasteiger charge is -2.23. The molecular weight excluding hydrogens is 443 g/mol. The van der Waals surface area contributed by atoms with E-state index in [-0.39, 0.29) is 5.69 Å². The molecule has 0 spiro atoms. The van der Waals surface area contributed by atoms with Crippen LogP contribution in [0.15, 0.2) is 42.5 Å². The molecule has 2 aromatic rings. The quantitative estimate of drug-likeness (QED) is 0.679. The van der Waals surface area contributed by atoms with Gasteiger partial charge in [0.2, 0.25) is 5.91 Å². The Hall–Kier alpha value is -3.76. The first-order valence-corrected chi connectivity index (χ1v) is 10.1. The number of fused-ring (bicyclic) bond motifs is 1. The molecule has 0 saturated carbocycles. The Balaban J connectivity index is 1.49. The zero-order valence-corrected chi connectivity index (χ0v) is 17.5. The average molecular weight is 463 g/mol. The first-order valence-electron chi connectivity index (χ1n) is 10.1. The molecule has 4 amide bonds. The summed E-state index contributed by atoms with van der Waals surface area (Å²) >= 11 is 0. The van der Waals surface area contributed by atoms with Gasteiger partial charge in [-0.1, -0.05) is 12.1 Å². The van der Waals surface area contributed by atoms with E-state index in [1.807, 2.05) is 0 Å². The van der Waals surface area contributed by atoms with E-state index in [0.717, 1.165) is 18.2 Å². The normalized spacial score (nSPS) is 20.3. The fourth-order valence-corrected chi connectivity index (χ4v) is 3.63. The second kappa shape index (κ2) is 8.30. The molecule has 1 unspecified atom stereocenters. The third-order valence-electron chi connectivity index (χ3n) is 5.38. The Morgan fingerprint density at radius 1 is 1.12 bits per heavy atom. The van der Waals surface area contributed by atoms with Crippen LogP contribution in [0, 0.1) is 0 Å². The van der Waals surface area contributed by atoms with Crippen molar-refractivity contribution < 1.29 is 37.0 Å². The van der Waals surface area contributed by atoms with E-state index in [9.17, 15) is 27.6 Å². The molecule has 33 heavy (non-hydrogen) atoms. The van der Waals surface area contributed by atoms with Gasteiger partial charge in [-0.25, -0.2) is 4.79 Å². The van der Waals surface area contributed by atoms with E-state index in [0.29, 0.717) is 41.6 Å². The van der Waals surface area contributed by atoms with Gasteiger partial charge in [0.15, 0.2) is 11.5 Å². The number of alkyl halides is 3. The largest absolute Gasteiger partial charge is 0.490 e. The Kier molecular flexibility index (Phi) is 5.64. The lowest BCUT2D eigenvalue weighted by atomic mass is 9.91. The predicted octanol–water partition coefficient (Wildman–Crippen LogP) is 3.27. The Labute approximate surface area is 186 Å². The van der Waals surface area contributed by atoms with Crippen LogP contribution in [0.3, 0.4) is 0 Å². The van der Waals surface area contributed by atoms with Crippen LogP contribution in [0.5, 0.6) is 11.5 Å². The number of urea groups is 1. The minimum Gasteiger partial charge on any atom is -0.490 e. The molecule has 8 nitrogen and oxygen atoms in total. The third-order valence-corrected chi connectivity index (χ3v) is 5.38. The number of carbonyl (C=O) groups is 3. The maximum absolute atomic E-state index is 13.1. The zero-order valence-electron chi connectivity index (χ0n) is 17.5. The van der Waals surface area contributed by atoms with Gasteiger partial charge in [-0.05, 0) is 42.8 Å². The highest BCUT2D eigenvalue weighted by molar-refractivity contribution is 6.10. The Morgan fingerprint density at radius 2 is 1.85 bits per heavy atom. The van der Waals surface area contributed by atoms with Crippen molar-refractivity contribution in [3.05, 3.63) is 53.6 Å². The highest BCUT2D eigenvalue weighted by Gasteiger charge is 2.49. The fourth-order valence-electron chi connectivity index (χ4n) is 3.63. The summed E-state index contributed by atoms with van der Waals surface area (Å²) in [5, 5.41) is 4.87. The third kappa shape index (κ3) is 4.43. The molecule has 2 N–H and O–H groups in total. The van der Waals surface area contributed by atoms with Crippen molar-refractivity contribution in [2.75, 3.05) is 25.1 Å². The summed E-state index contributed by atoms with van der Waals surface area (Å²) in [4.78, 5) is 38.7. The van der Waals surface area contributed by atoms with Gasteiger partial charge in [-0.2, -0.15) is 13.2 Å². The van der Waals surface area contributed by atoms with Gasteiger partial charge < -0.3 is 20.1 Å². The van der Waals surface area contributed by atoms with Crippen molar-refractivity contribution in [3.63, 3.8) is 0 Å². The number of ether oxygens (including phenoxy) is 2. The molecule has 0 radical (unpaired) electrons. The number of hydrogen-bond donors (Lipinski definition) is 2. The minimum absolute atomic E-state index is 0.104. The lowest BCUT2D eigenvalue weighted by Crippen LogP contribution is -2.42. The molecule has 0 aliphatic carbocycles. The van der Waals surface area contributed by atoms with Gasteiger partial charge in [0.25, 0.3) is 5.91 Å². The van der Waals surface area contributed by atoms with Gasteiger partial charge >= 0.3 is 12.2 Å². The number of imide groups is 1. The summed E-state index contributed by atoms with van der Waals surface area (Å²) < 4.78 is 49.8. The number of benzene rings is 2. The number of hydrogen-bond acceptors (Lipinski definition) is 5. The van der Waals surface area contributed by atoms with Crippen molar-refractivity contribution in [1.82, 2.24) is 10.2 Å². The van der Waals surface area contributed by atoms with E-state index < -0.39 is 41.7 Å². The van der Waals surface area contributed by atoms with Crippen LogP contribution in [-0.4, -0.2) is 42.5 Å². The first kappa shape index (κ1) is 22.4. The summed E-state index contributed by atoms with van der Waals surface area (Å²) in [6.45, 7) is 1.77. The van der Waals surface area contributed by atoms with Crippen LogP contribution >= 0.6 is 0 Å². The van der Waals surface area contributed by atoms with E-state index in [4.69, 9.17) is 9.47 Å². The first-order chi connectivity index (χ1) is 15.6. The molecule has 1 atom stereocenters. The number of nitrogens with one attached hydrogen (secondary N) is 2. The molecule has 0 bridgehead atoms. The monoisotopic (exact) mass is 463 g/mol. The van der Waals surface area contributed by atoms with E-state index in [2.05, 4.69) is 10.6 Å². The van der Waals surface area contributed by atoms with Crippen LogP contribution in [-0.2, 0) is 21.3 Å². The molecule has 1 saturated heterocycles. The molecule has 2 aromatic carbocycles. The number of nitrogens with zero attached hydrogens (tertiary/aromatic N) is 1. The van der Waals surface area contributed by atoms with Gasteiger partial charge in [-0.15, -0.1) is 0 Å². The molecule has 1 fully saturated rings. The van der Waals surface area contributed by atoms with Gasteiger partial charge in [0.1, 0.15) is 12.1 Å². The summed E-state index contributed by atoms with van der Waals surface area (Å²) in [6, 6.07) is 8.13. The molecule has 4 rings (SSSR count). The van der Waals surface area contributed by atoms with Crippen molar-refractivity contribution in [2.24, 2.45) is 0 Å². The van der Waals surface area contributed by atoms with Crippen LogP contribution in [0.2, 0.25) is 0 Å². The van der Waals surface area contributed by atoms with Crippen LogP contribution in [0.4, 0.5) is 23.7 Å². The highest BCUT2D eigenvalue weighted by Crippen LogP contribution is 2.36. The maximum atomic E-state index is 13.1. The molecule has 174 valence electrons. The predicted molar refractivity (Wildman–Crippen MR) is 110 cm³/mol. The Morgan fingerprint density at radius 3 is 2.58 bits per heavy atom. The van der Waals surface area contributed by atoms with Gasteiger partial charge in [-0.3, -0.25) is 14.5 Å². The maximum Gasteiger partial charge on any atom is 0.416 e. The van der Waals surface area contributed by atoms with Crippen molar-refractivity contribution >= 4 is 23.5 Å². The van der Waals surface area contributed by atoms with Crippen LogP contribution in [0.25, 0.3) is 0 Å². The second-order valence-corrected chi connectivity index (χ2v) is 7.79. The van der Waals surface area contributed by atoms with Gasteiger partial charge in [0.05, 0.1) is 18.8 Å². The Bertz CT molecular complexity index is 1120. The molecule has 2 heterocycles. The molecule has 11 heteroatoms. The second-order valence-electron chi connectivity index (χ2n) is 7.79. The number of anilines is 1. The van der Waals surface area contributed by atoms with Gasteiger partial charge in [0, 0.05) is 12.1 Å². The topological polar surface area (TPSA) is 97.0 Å². The smallest absolute Gasteiger partial charge is 0.416 e. The average Bonchev–Trinajstić information content (AvgIpc) is 2.92. The highest BCUT2D eigenvalue weighted by atomic mass is 19.4. The van der Waals surface area contributed by atoms with Crippen molar-refractivity contribution in [3.8, 4) is 11.5 Å². The summed E-state index contributed by atoms with van der Waals surface area (Å²) in [5.74, 6) is -0.537. The van der Waals surface area contributed by atoms with E-state index in [1.165, 1.54) is 13.0 Å². The summed E-state index contributed by atoms with van der Waals surface area (Å²) in [6.07, 6.45) is -3.87. The molecule has 2 aliphatic heterocycles. The SMILES string of the molecule is CC1(c2ccc3c(c2)OCCCO3)NC(=O)N(CC(=O)Nc2cccc(C(F)(F)F)c2)C1=O. The number of rotatable bonds is 4. The molecular formula is C22H20F3N3O5. The lowest BCUT2D eigenvalue weighted by molar-refractivity contribution is -0.137. The number of halogens is 3. The summed E-state index contributed by atoms with van der Waals surface area (Å²) in [7, 11) is 0. The number of carbonyl (C=O) groups excluding carboxylic acids is 3. The van der Waals surface area contributed by atoms with E-state index in [1.54, 1.807) is 18.2 Å². The summed E-state index contributed by atoms with van der Waals surface area (Å²) in [5.41, 5.74) is -2.06. The number of amides is 4. The molecule has 2 aliphatic rings. The van der Waals surface area contributed by atoms with Crippen LogP contribution in [0.1, 0.15) is 24.5 Å².